The predicted octanol–water partition coefficient (Wildman–Crippen LogP) is 2.36. The molecule has 1 saturated heterocycles. The van der Waals surface area contributed by atoms with Crippen molar-refractivity contribution < 1.29 is 14.3 Å². The molecule has 0 saturated carbocycles. The van der Waals surface area contributed by atoms with Crippen LogP contribution in [-0.4, -0.2) is 18.0 Å². The number of cyclic esters (lactones) is 1. The number of anilines is 1. The van der Waals surface area contributed by atoms with Crippen LogP contribution in [0.5, 0.6) is 0 Å². The molecule has 1 aliphatic rings. The minimum Gasteiger partial charge on any atom is -0.462 e. The largest absolute Gasteiger partial charge is 0.462 e. The van der Waals surface area contributed by atoms with Gasteiger partial charge in [-0.2, -0.15) is 0 Å². The summed E-state index contributed by atoms with van der Waals surface area (Å²) in [5.74, 6) is -1.34. The van der Waals surface area contributed by atoms with E-state index in [1.165, 1.54) is 0 Å². The fraction of sp³-hybridized carbons (Fsp3) is 0.429. The Labute approximate surface area is 106 Å². The molecule has 96 valence electrons. The summed E-state index contributed by atoms with van der Waals surface area (Å²) >= 11 is 0. The van der Waals surface area contributed by atoms with E-state index in [4.69, 9.17) is 4.74 Å². The topological polar surface area (TPSA) is 55.4 Å². The molecule has 0 spiro atoms. The molecule has 0 unspecified atom stereocenters. The van der Waals surface area contributed by atoms with Gasteiger partial charge in [0.05, 0.1) is 0 Å². The number of para-hydroxylation sites is 1. The third kappa shape index (κ3) is 2.88. The lowest BCUT2D eigenvalue weighted by molar-refractivity contribution is -0.146. The van der Waals surface area contributed by atoms with E-state index in [-0.39, 0.29) is 12.0 Å². The maximum Gasteiger partial charge on any atom is 0.318 e. The van der Waals surface area contributed by atoms with Gasteiger partial charge < -0.3 is 10.1 Å². The molecule has 18 heavy (non-hydrogen) atoms. The van der Waals surface area contributed by atoms with Gasteiger partial charge in [-0.05, 0) is 18.6 Å². The van der Waals surface area contributed by atoms with Crippen LogP contribution in [-0.2, 0) is 14.3 Å². The number of rotatable bonds is 4. The van der Waals surface area contributed by atoms with Crippen LogP contribution in [0.25, 0.3) is 0 Å². The first-order valence-corrected chi connectivity index (χ1v) is 6.27. The van der Waals surface area contributed by atoms with Crippen molar-refractivity contribution in [2.24, 2.45) is 5.92 Å². The molecule has 1 aromatic carbocycles. The zero-order chi connectivity index (χ0) is 13.0. The minimum atomic E-state index is -0.665. The summed E-state index contributed by atoms with van der Waals surface area (Å²) in [6.07, 6.45) is 2.16. The highest BCUT2D eigenvalue weighted by atomic mass is 16.6. The summed E-state index contributed by atoms with van der Waals surface area (Å²) < 4.78 is 5.17. The maximum absolute atomic E-state index is 12.0. The van der Waals surface area contributed by atoms with Crippen LogP contribution in [0.4, 0.5) is 5.69 Å². The SMILES string of the molecule is CCC[C@H]1C[C@@H](C(=O)Nc2ccccc2)C(=O)O1. The number of carbonyl (C=O) groups excluding carboxylic acids is 2. The zero-order valence-corrected chi connectivity index (χ0v) is 10.4. The maximum atomic E-state index is 12.0. The Morgan fingerprint density at radius 1 is 1.39 bits per heavy atom. The van der Waals surface area contributed by atoms with Gasteiger partial charge in [-0.1, -0.05) is 31.5 Å². The molecule has 1 amide bonds. The quantitative estimate of drug-likeness (QED) is 0.656. The van der Waals surface area contributed by atoms with Gasteiger partial charge in [0.25, 0.3) is 0 Å². The van der Waals surface area contributed by atoms with Gasteiger partial charge >= 0.3 is 5.97 Å². The Morgan fingerprint density at radius 2 is 2.11 bits per heavy atom. The molecule has 0 bridgehead atoms. The lowest BCUT2D eigenvalue weighted by atomic mass is 10.0. The van der Waals surface area contributed by atoms with Gasteiger partial charge in [0, 0.05) is 12.1 Å². The number of carbonyl (C=O) groups is 2. The summed E-state index contributed by atoms with van der Waals surface area (Å²) in [5.41, 5.74) is 0.703. The lowest BCUT2D eigenvalue weighted by Gasteiger charge is -2.07. The summed E-state index contributed by atoms with van der Waals surface area (Å²) in [4.78, 5) is 23.6. The molecule has 2 atom stereocenters. The van der Waals surface area contributed by atoms with Crippen LogP contribution in [0, 0.1) is 5.92 Å². The molecular formula is C14H17NO3. The van der Waals surface area contributed by atoms with Crippen LogP contribution in [0.2, 0.25) is 0 Å². The molecule has 1 aliphatic heterocycles. The summed E-state index contributed by atoms with van der Waals surface area (Å²) in [6, 6.07) is 9.13. The zero-order valence-electron chi connectivity index (χ0n) is 10.4. The van der Waals surface area contributed by atoms with Gasteiger partial charge in [-0.25, -0.2) is 0 Å². The Hall–Kier alpha value is -1.84. The molecule has 0 aromatic heterocycles. The third-order valence-electron chi connectivity index (χ3n) is 3.03. The summed E-state index contributed by atoms with van der Waals surface area (Å²) in [5, 5.41) is 2.74. The molecule has 1 N–H and O–H groups in total. The second-order valence-corrected chi connectivity index (χ2v) is 4.49. The Morgan fingerprint density at radius 3 is 2.78 bits per heavy atom. The van der Waals surface area contributed by atoms with Crippen molar-refractivity contribution in [1.29, 1.82) is 0 Å². The van der Waals surface area contributed by atoms with E-state index in [0.717, 1.165) is 12.8 Å². The second-order valence-electron chi connectivity index (χ2n) is 4.49. The van der Waals surface area contributed by atoms with E-state index in [1.54, 1.807) is 12.1 Å². The highest BCUT2D eigenvalue weighted by Gasteiger charge is 2.38. The van der Waals surface area contributed by atoms with Gasteiger partial charge in [-0.3, -0.25) is 9.59 Å². The van der Waals surface area contributed by atoms with Crippen LogP contribution in [0.15, 0.2) is 30.3 Å². The fourth-order valence-electron chi connectivity index (χ4n) is 2.12. The van der Waals surface area contributed by atoms with Crippen molar-refractivity contribution in [2.45, 2.75) is 32.3 Å². The summed E-state index contributed by atoms with van der Waals surface area (Å²) in [7, 11) is 0. The fourth-order valence-corrected chi connectivity index (χ4v) is 2.12. The van der Waals surface area contributed by atoms with E-state index in [1.807, 2.05) is 25.1 Å². The minimum absolute atomic E-state index is 0.103. The van der Waals surface area contributed by atoms with Crippen molar-refractivity contribution in [3.8, 4) is 0 Å². The molecule has 4 heteroatoms. The van der Waals surface area contributed by atoms with Gasteiger partial charge in [0.2, 0.25) is 5.91 Å². The van der Waals surface area contributed by atoms with Gasteiger partial charge in [0.1, 0.15) is 12.0 Å². The number of hydrogen-bond donors (Lipinski definition) is 1. The number of esters is 1. The van der Waals surface area contributed by atoms with Crippen molar-refractivity contribution in [3.63, 3.8) is 0 Å². The van der Waals surface area contributed by atoms with Crippen LogP contribution in [0.1, 0.15) is 26.2 Å². The highest BCUT2D eigenvalue weighted by molar-refractivity contribution is 6.05. The Balaban J connectivity index is 1.96. The average molecular weight is 247 g/mol. The monoisotopic (exact) mass is 247 g/mol. The normalized spacial score (nSPS) is 22.6. The summed E-state index contributed by atoms with van der Waals surface area (Å²) in [6.45, 7) is 2.03. The molecule has 0 aliphatic carbocycles. The first kappa shape index (κ1) is 12.6. The molecule has 1 heterocycles. The van der Waals surface area contributed by atoms with Crippen LogP contribution < -0.4 is 5.32 Å². The van der Waals surface area contributed by atoms with Gasteiger partial charge in [0.15, 0.2) is 0 Å². The van der Waals surface area contributed by atoms with Crippen molar-refractivity contribution in [3.05, 3.63) is 30.3 Å². The Kier molecular flexibility index (Phi) is 3.97. The first-order chi connectivity index (χ1) is 8.70. The number of nitrogens with one attached hydrogen (secondary N) is 1. The molecule has 1 aromatic rings. The third-order valence-corrected chi connectivity index (χ3v) is 3.03. The first-order valence-electron chi connectivity index (χ1n) is 6.27. The van der Waals surface area contributed by atoms with Crippen molar-refractivity contribution in [1.82, 2.24) is 0 Å². The average Bonchev–Trinajstić information content (AvgIpc) is 2.72. The molecule has 4 nitrogen and oxygen atoms in total. The highest BCUT2D eigenvalue weighted by Crippen LogP contribution is 2.25. The Bertz CT molecular complexity index is 430. The molecule has 1 fully saturated rings. The van der Waals surface area contributed by atoms with E-state index in [0.29, 0.717) is 12.1 Å². The van der Waals surface area contributed by atoms with Gasteiger partial charge in [-0.15, -0.1) is 0 Å². The van der Waals surface area contributed by atoms with Crippen molar-refractivity contribution in [2.75, 3.05) is 5.32 Å². The lowest BCUT2D eigenvalue weighted by Crippen LogP contribution is -2.26. The van der Waals surface area contributed by atoms with E-state index >= 15 is 0 Å². The van der Waals surface area contributed by atoms with E-state index in [9.17, 15) is 9.59 Å². The number of amides is 1. The van der Waals surface area contributed by atoms with Crippen molar-refractivity contribution >= 4 is 17.6 Å². The number of benzene rings is 1. The molecule has 2 rings (SSSR count). The number of ether oxygens (including phenoxy) is 1. The molecule has 0 radical (unpaired) electrons. The predicted molar refractivity (Wildman–Crippen MR) is 68.0 cm³/mol. The van der Waals surface area contributed by atoms with E-state index in [2.05, 4.69) is 5.32 Å². The molecular weight excluding hydrogens is 230 g/mol. The van der Waals surface area contributed by atoms with Crippen LogP contribution in [0.3, 0.4) is 0 Å². The van der Waals surface area contributed by atoms with Crippen LogP contribution >= 0.6 is 0 Å². The van der Waals surface area contributed by atoms with E-state index < -0.39 is 11.9 Å². The number of hydrogen-bond acceptors (Lipinski definition) is 3. The smallest absolute Gasteiger partial charge is 0.318 e. The second kappa shape index (κ2) is 5.67. The standard InChI is InChI=1S/C14H17NO3/c1-2-6-11-9-12(14(17)18-11)13(16)15-10-7-4-3-5-8-10/h3-5,7-8,11-12H,2,6,9H2,1H3,(H,15,16)/t11-,12-/m0/s1.